The van der Waals surface area contributed by atoms with Gasteiger partial charge in [0.05, 0.1) is 29.0 Å². The van der Waals surface area contributed by atoms with Crippen molar-refractivity contribution in [3.8, 4) is 0 Å². The summed E-state index contributed by atoms with van der Waals surface area (Å²) in [5.74, 6) is 0.239. The largest absolute Gasteiger partial charge is 0.378 e. The predicted octanol–water partition coefficient (Wildman–Crippen LogP) is 2.57. The molecule has 1 amide bonds. The van der Waals surface area contributed by atoms with Crippen molar-refractivity contribution >= 4 is 32.7 Å². The van der Waals surface area contributed by atoms with Crippen LogP contribution in [0.1, 0.15) is 30.9 Å². The van der Waals surface area contributed by atoms with Crippen molar-refractivity contribution in [2.24, 2.45) is 0 Å². The zero-order chi connectivity index (χ0) is 23.1. The van der Waals surface area contributed by atoms with Crippen LogP contribution in [-0.4, -0.2) is 50.6 Å². The molecule has 1 N–H and O–H groups in total. The molecule has 2 fully saturated rings. The number of morpholine rings is 1. The van der Waals surface area contributed by atoms with Gasteiger partial charge in [0.25, 0.3) is 10.0 Å². The highest BCUT2D eigenvalue weighted by Crippen LogP contribution is 2.51. The number of hydrogen-bond donors (Lipinski definition) is 1. The van der Waals surface area contributed by atoms with Crippen LogP contribution in [0, 0.1) is 0 Å². The summed E-state index contributed by atoms with van der Waals surface area (Å²) in [6, 6.07) is 10.3. The number of hydrogen-bond acceptors (Lipinski definition) is 7. The van der Waals surface area contributed by atoms with Crippen molar-refractivity contribution in [3.63, 3.8) is 0 Å². The molecule has 1 saturated heterocycles. The molecule has 1 saturated carbocycles. The van der Waals surface area contributed by atoms with Crippen molar-refractivity contribution in [2.45, 2.75) is 36.5 Å². The topological polar surface area (TPSA) is 101 Å². The van der Waals surface area contributed by atoms with E-state index >= 15 is 0 Å². The Morgan fingerprint density at radius 2 is 1.94 bits per heavy atom. The number of carbonyl (C=O) groups is 1. The first-order chi connectivity index (χ1) is 15.9. The van der Waals surface area contributed by atoms with Crippen LogP contribution >= 0.6 is 0 Å². The number of nitrogens with zero attached hydrogens (tertiary/aromatic N) is 3. The van der Waals surface area contributed by atoms with Gasteiger partial charge >= 0.3 is 0 Å². The molecule has 0 radical (unpaired) electrons. The summed E-state index contributed by atoms with van der Waals surface area (Å²) in [5, 5.41) is 0.480. The number of nitrogens with one attached hydrogen (secondary N) is 1. The van der Waals surface area contributed by atoms with E-state index in [0.29, 0.717) is 50.0 Å². The van der Waals surface area contributed by atoms with Gasteiger partial charge in [0.2, 0.25) is 5.91 Å². The minimum absolute atomic E-state index is 0.0473. The zero-order valence-corrected chi connectivity index (χ0v) is 19.3. The Kier molecular flexibility index (Phi) is 5.54. The minimum atomic E-state index is -4.08. The highest BCUT2D eigenvalue weighted by atomic mass is 32.2. The first kappa shape index (κ1) is 21.8. The van der Waals surface area contributed by atoms with Gasteiger partial charge in [-0.2, -0.15) is 0 Å². The van der Waals surface area contributed by atoms with Crippen LogP contribution in [0.4, 0.5) is 5.82 Å². The maximum Gasteiger partial charge on any atom is 0.264 e. The Balaban J connectivity index is 1.50. The van der Waals surface area contributed by atoms with Gasteiger partial charge in [-0.05, 0) is 55.2 Å². The number of sulfonamides is 1. The normalized spacial score (nSPS) is 17.7. The van der Waals surface area contributed by atoms with Gasteiger partial charge in [0, 0.05) is 36.4 Å². The maximum absolute atomic E-state index is 13.5. The summed E-state index contributed by atoms with van der Waals surface area (Å²) in [6.07, 6.45) is 5.39. The Hall–Kier alpha value is -3.04. The highest BCUT2D eigenvalue weighted by Gasteiger charge is 2.54. The van der Waals surface area contributed by atoms with E-state index in [1.165, 1.54) is 6.07 Å². The molecule has 0 spiro atoms. The van der Waals surface area contributed by atoms with Crippen LogP contribution in [0.5, 0.6) is 0 Å². The van der Waals surface area contributed by atoms with Crippen molar-refractivity contribution in [3.05, 3.63) is 59.9 Å². The van der Waals surface area contributed by atoms with Crippen molar-refractivity contribution < 1.29 is 17.9 Å². The number of carbonyl (C=O) groups excluding carboxylic acids is 1. The minimum Gasteiger partial charge on any atom is -0.378 e. The van der Waals surface area contributed by atoms with Gasteiger partial charge in [0.15, 0.2) is 0 Å². The van der Waals surface area contributed by atoms with E-state index in [-0.39, 0.29) is 4.90 Å². The van der Waals surface area contributed by atoms with Gasteiger partial charge < -0.3 is 9.64 Å². The number of ether oxygens (including phenoxy) is 1. The standard InChI is InChI=1S/C24H26N4O4S/c1-2-17-15-19(22(26-16-17)28-11-13-32-14-12-28)24(8-9-24)23(29)27-33(30,31)21-7-3-6-20-18(21)5-4-10-25-20/h3-7,10,15-16H,2,8-9,11-14H2,1H3,(H,27,29). The number of anilines is 1. The third-order valence-electron chi connectivity index (χ3n) is 6.46. The van der Waals surface area contributed by atoms with Crippen LogP contribution in [-0.2, 0) is 31.4 Å². The molecule has 8 nitrogen and oxygen atoms in total. The highest BCUT2D eigenvalue weighted by molar-refractivity contribution is 7.90. The Labute approximate surface area is 193 Å². The summed E-state index contributed by atoms with van der Waals surface area (Å²) >= 11 is 0. The van der Waals surface area contributed by atoms with Crippen LogP contribution < -0.4 is 9.62 Å². The molecule has 1 aromatic carbocycles. The monoisotopic (exact) mass is 466 g/mol. The van der Waals surface area contributed by atoms with E-state index < -0.39 is 21.3 Å². The summed E-state index contributed by atoms with van der Waals surface area (Å²) in [7, 11) is -4.08. The zero-order valence-electron chi connectivity index (χ0n) is 18.5. The molecule has 3 heterocycles. The summed E-state index contributed by atoms with van der Waals surface area (Å²) in [4.78, 5) is 24.6. The molecule has 5 rings (SSSR count). The van der Waals surface area contributed by atoms with E-state index in [4.69, 9.17) is 9.72 Å². The number of aromatic nitrogens is 2. The number of amides is 1. The van der Waals surface area contributed by atoms with Crippen LogP contribution in [0.3, 0.4) is 0 Å². The second-order valence-electron chi connectivity index (χ2n) is 8.51. The van der Waals surface area contributed by atoms with Crippen LogP contribution in [0.15, 0.2) is 53.7 Å². The fraction of sp³-hybridized carbons (Fsp3) is 0.375. The van der Waals surface area contributed by atoms with Crippen molar-refractivity contribution in [2.75, 3.05) is 31.2 Å². The van der Waals surface area contributed by atoms with Gasteiger partial charge in [-0.1, -0.05) is 13.0 Å². The first-order valence-electron chi connectivity index (χ1n) is 11.2. The molecular weight excluding hydrogens is 440 g/mol. The van der Waals surface area contributed by atoms with E-state index in [0.717, 1.165) is 23.4 Å². The number of fused-ring (bicyclic) bond motifs is 1. The van der Waals surface area contributed by atoms with Crippen molar-refractivity contribution in [1.29, 1.82) is 0 Å². The molecule has 2 aromatic heterocycles. The third-order valence-corrected chi connectivity index (χ3v) is 7.85. The van der Waals surface area contributed by atoms with Gasteiger partial charge in [-0.15, -0.1) is 0 Å². The second-order valence-corrected chi connectivity index (χ2v) is 10.2. The molecule has 172 valence electrons. The fourth-order valence-corrected chi connectivity index (χ4v) is 5.67. The van der Waals surface area contributed by atoms with E-state index in [1.807, 2.05) is 19.2 Å². The lowest BCUT2D eigenvalue weighted by atomic mass is 9.93. The molecule has 9 heteroatoms. The van der Waals surface area contributed by atoms with Gasteiger partial charge in [-0.3, -0.25) is 9.78 Å². The Bertz CT molecular complexity index is 1310. The molecule has 0 unspecified atom stereocenters. The number of aryl methyl sites for hydroxylation is 1. The average Bonchev–Trinajstić information content (AvgIpc) is 3.66. The average molecular weight is 467 g/mol. The molecular formula is C24H26N4O4S. The first-order valence-corrected chi connectivity index (χ1v) is 12.7. The quantitative estimate of drug-likeness (QED) is 0.596. The van der Waals surface area contributed by atoms with Gasteiger partial charge in [0.1, 0.15) is 5.82 Å². The third kappa shape index (κ3) is 3.95. The van der Waals surface area contributed by atoms with Crippen molar-refractivity contribution in [1.82, 2.24) is 14.7 Å². The molecule has 0 bridgehead atoms. The van der Waals surface area contributed by atoms with E-state index in [2.05, 4.69) is 14.6 Å². The Morgan fingerprint density at radius 1 is 1.15 bits per heavy atom. The summed E-state index contributed by atoms with van der Waals surface area (Å²) < 4.78 is 34.4. The van der Waals surface area contributed by atoms with Gasteiger partial charge in [-0.25, -0.2) is 18.1 Å². The fourth-order valence-electron chi connectivity index (χ4n) is 4.40. The Morgan fingerprint density at radius 3 is 2.67 bits per heavy atom. The van der Waals surface area contributed by atoms with Crippen LogP contribution in [0.2, 0.25) is 0 Å². The number of benzene rings is 1. The van der Waals surface area contributed by atoms with E-state index in [9.17, 15) is 13.2 Å². The van der Waals surface area contributed by atoms with Crippen LogP contribution in [0.25, 0.3) is 10.9 Å². The molecule has 3 aromatic rings. The maximum atomic E-state index is 13.5. The van der Waals surface area contributed by atoms with E-state index in [1.54, 1.807) is 30.5 Å². The molecule has 33 heavy (non-hydrogen) atoms. The molecule has 1 aliphatic carbocycles. The lowest BCUT2D eigenvalue weighted by molar-refractivity contribution is -0.121. The SMILES string of the molecule is CCc1cnc(N2CCOCC2)c(C2(C(=O)NS(=O)(=O)c3cccc4ncccc34)CC2)c1. The predicted molar refractivity (Wildman–Crippen MR) is 125 cm³/mol. The number of pyridine rings is 2. The summed E-state index contributed by atoms with van der Waals surface area (Å²) in [5.41, 5.74) is 1.48. The summed E-state index contributed by atoms with van der Waals surface area (Å²) in [6.45, 7) is 4.60. The molecule has 2 aliphatic rings. The second kappa shape index (κ2) is 8.39. The lowest BCUT2D eigenvalue weighted by Gasteiger charge is -2.31. The molecule has 0 atom stereocenters. The lowest BCUT2D eigenvalue weighted by Crippen LogP contribution is -2.42. The number of rotatable bonds is 6. The molecule has 1 aliphatic heterocycles. The smallest absolute Gasteiger partial charge is 0.264 e.